The van der Waals surface area contributed by atoms with Gasteiger partial charge < -0.3 is 15.7 Å². The molecule has 0 aromatic heterocycles. The molecule has 3 N–H and O–H groups in total. The number of nitrogens with one attached hydrogen (secondary N) is 2. The van der Waals surface area contributed by atoms with Crippen LogP contribution in [0.5, 0.6) is 0 Å². The van der Waals surface area contributed by atoms with Gasteiger partial charge in [0.15, 0.2) is 0 Å². The van der Waals surface area contributed by atoms with E-state index >= 15 is 0 Å². The van der Waals surface area contributed by atoms with Crippen molar-refractivity contribution in [3.63, 3.8) is 0 Å². The summed E-state index contributed by atoms with van der Waals surface area (Å²) < 4.78 is 0. The molecule has 0 aliphatic carbocycles. The summed E-state index contributed by atoms with van der Waals surface area (Å²) in [5.41, 5.74) is 2.60. The number of benzene rings is 1. The number of anilines is 1. The highest BCUT2D eigenvalue weighted by Gasteiger charge is 2.38. The van der Waals surface area contributed by atoms with E-state index in [-0.39, 0.29) is 18.1 Å². The summed E-state index contributed by atoms with van der Waals surface area (Å²) in [6.07, 6.45) is -0.364. The van der Waals surface area contributed by atoms with E-state index in [2.05, 4.69) is 23.6 Å². The Hall–Kier alpha value is -1.39. The molecule has 2 rings (SSSR count). The lowest BCUT2D eigenvalue weighted by Gasteiger charge is -2.19. The molecule has 0 saturated heterocycles. The number of aliphatic hydroxyl groups is 1. The number of aliphatic hydroxyl groups excluding tert-OH is 1. The van der Waals surface area contributed by atoms with Crippen LogP contribution in [0.4, 0.5) is 5.69 Å². The third-order valence-electron chi connectivity index (χ3n) is 3.75. The summed E-state index contributed by atoms with van der Waals surface area (Å²) in [7, 11) is 0. The number of amides is 1. The SMILES string of the molecule is CC(O)CNC(C)c1ccc2c(c1)C(C)(C)C(=O)N2. The molecular formula is C15H22N2O2. The quantitative estimate of drug-likeness (QED) is 0.777. The molecule has 0 saturated carbocycles. The van der Waals surface area contributed by atoms with Crippen LogP contribution in [0.2, 0.25) is 0 Å². The third-order valence-corrected chi connectivity index (χ3v) is 3.75. The van der Waals surface area contributed by atoms with Gasteiger partial charge in [0.25, 0.3) is 0 Å². The first-order valence-electron chi connectivity index (χ1n) is 6.69. The Morgan fingerprint density at radius 3 is 2.68 bits per heavy atom. The number of carbonyl (C=O) groups is 1. The van der Waals surface area contributed by atoms with E-state index in [1.54, 1.807) is 6.92 Å². The van der Waals surface area contributed by atoms with Crippen LogP contribution < -0.4 is 10.6 Å². The largest absolute Gasteiger partial charge is 0.392 e. The van der Waals surface area contributed by atoms with Gasteiger partial charge >= 0.3 is 0 Å². The molecule has 1 aromatic rings. The smallest absolute Gasteiger partial charge is 0.234 e. The minimum atomic E-state index is -0.477. The maximum atomic E-state index is 11.9. The molecule has 1 aliphatic rings. The van der Waals surface area contributed by atoms with E-state index in [4.69, 9.17) is 0 Å². The van der Waals surface area contributed by atoms with E-state index in [0.717, 1.165) is 16.8 Å². The summed E-state index contributed by atoms with van der Waals surface area (Å²) in [5, 5.41) is 15.5. The highest BCUT2D eigenvalue weighted by atomic mass is 16.3. The van der Waals surface area contributed by atoms with E-state index in [0.29, 0.717) is 6.54 Å². The zero-order chi connectivity index (χ0) is 14.2. The number of hydrogen-bond donors (Lipinski definition) is 3. The summed E-state index contributed by atoms with van der Waals surface area (Å²) in [6.45, 7) is 8.24. The molecule has 0 bridgehead atoms. The van der Waals surface area contributed by atoms with Gasteiger partial charge in [-0.15, -0.1) is 0 Å². The normalized spacial score (nSPS) is 19.7. The predicted octanol–water partition coefficient (Wildman–Crippen LogP) is 1.95. The van der Waals surface area contributed by atoms with Gasteiger partial charge in [0, 0.05) is 18.3 Å². The first-order valence-corrected chi connectivity index (χ1v) is 6.69. The monoisotopic (exact) mass is 262 g/mol. The van der Waals surface area contributed by atoms with Gasteiger partial charge in [-0.1, -0.05) is 12.1 Å². The molecule has 0 radical (unpaired) electrons. The second-order valence-corrected chi connectivity index (χ2v) is 5.86. The van der Waals surface area contributed by atoms with Crippen molar-refractivity contribution in [3.05, 3.63) is 29.3 Å². The molecule has 4 heteroatoms. The summed E-state index contributed by atoms with van der Waals surface area (Å²) in [5.74, 6) is 0.0456. The molecule has 19 heavy (non-hydrogen) atoms. The van der Waals surface area contributed by atoms with Gasteiger partial charge in [0.2, 0.25) is 5.91 Å². The van der Waals surface area contributed by atoms with Gasteiger partial charge in [-0.05, 0) is 44.9 Å². The minimum Gasteiger partial charge on any atom is -0.392 e. The Morgan fingerprint density at radius 1 is 1.37 bits per heavy atom. The lowest BCUT2D eigenvalue weighted by atomic mass is 9.85. The van der Waals surface area contributed by atoms with Crippen LogP contribution in [0.3, 0.4) is 0 Å². The van der Waals surface area contributed by atoms with E-state index < -0.39 is 5.41 Å². The Morgan fingerprint density at radius 2 is 2.05 bits per heavy atom. The van der Waals surface area contributed by atoms with Crippen LogP contribution >= 0.6 is 0 Å². The van der Waals surface area contributed by atoms with Crippen LogP contribution in [0.25, 0.3) is 0 Å². The highest BCUT2D eigenvalue weighted by Crippen LogP contribution is 2.38. The van der Waals surface area contributed by atoms with Crippen LogP contribution in [0.15, 0.2) is 18.2 Å². The molecule has 2 unspecified atom stereocenters. The van der Waals surface area contributed by atoms with Crippen molar-refractivity contribution in [2.24, 2.45) is 0 Å². The molecule has 0 spiro atoms. The molecule has 2 atom stereocenters. The predicted molar refractivity (Wildman–Crippen MR) is 76.2 cm³/mol. The zero-order valence-electron chi connectivity index (χ0n) is 11.9. The molecule has 1 aromatic carbocycles. The van der Waals surface area contributed by atoms with Gasteiger partial charge in [-0.25, -0.2) is 0 Å². The van der Waals surface area contributed by atoms with E-state index in [1.807, 2.05) is 26.0 Å². The van der Waals surface area contributed by atoms with Gasteiger partial charge in [-0.3, -0.25) is 4.79 Å². The molecule has 4 nitrogen and oxygen atoms in total. The standard InChI is InChI=1S/C15H22N2O2/c1-9(18)8-16-10(2)11-5-6-13-12(7-11)15(3,4)14(19)17-13/h5-7,9-10,16,18H,8H2,1-4H3,(H,17,19). The number of hydrogen-bond acceptors (Lipinski definition) is 3. The van der Waals surface area contributed by atoms with Crippen molar-refractivity contribution in [2.45, 2.75) is 45.3 Å². The van der Waals surface area contributed by atoms with Gasteiger partial charge in [0.05, 0.1) is 11.5 Å². The Bertz CT molecular complexity index is 495. The maximum absolute atomic E-state index is 11.9. The molecule has 1 amide bonds. The lowest BCUT2D eigenvalue weighted by Crippen LogP contribution is -2.28. The lowest BCUT2D eigenvalue weighted by molar-refractivity contribution is -0.119. The van der Waals surface area contributed by atoms with E-state index in [1.165, 1.54) is 0 Å². The fourth-order valence-corrected chi connectivity index (χ4v) is 2.32. The van der Waals surface area contributed by atoms with Crippen molar-refractivity contribution < 1.29 is 9.90 Å². The highest BCUT2D eigenvalue weighted by molar-refractivity contribution is 6.05. The first kappa shape index (κ1) is 14.0. The van der Waals surface area contributed by atoms with E-state index in [9.17, 15) is 9.90 Å². The molecular weight excluding hydrogens is 240 g/mol. The maximum Gasteiger partial charge on any atom is 0.234 e. The van der Waals surface area contributed by atoms with Crippen molar-refractivity contribution in [2.75, 3.05) is 11.9 Å². The zero-order valence-corrected chi connectivity index (χ0v) is 11.9. The fourth-order valence-electron chi connectivity index (χ4n) is 2.32. The van der Waals surface area contributed by atoms with Crippen LogP contribution in [0.1, 0.15) is 44.9 Å². The van der Waals surface area contributed by atoms with Gasteiger partial charge in [0.1, 0.15) is 0 Å². The topological polar surface area (TPSA) is 61.4 Å². The average molecular weight is 262 g/mol. The number of fused-ring (bicyclic) bond motifs is 1. The molecule has 1 heterocycles. The van der Waals surface area contributed by atoms with Crippen molar-refractivity contribution in [1.29, 1.82) is 0 Å². The Labute approximate surface area is 114 Å². The second kappa shape index (κ2) is 4.94. The minimum absolute atomic E-state index is 0.0456. The second-order valence-electron chi connectivity index (χ2n) is 5.86. The summed E-state index contributed by atoms with van der Waals surface area (Å²) >= 11 is 0. The summed E-state index contributed by atoms with van der Waals surface area (Å²) in [6, 6.07) is 6.19. The van der Waals surface area contributed by atoms with Crippen LogP contribution in [-0.4, -0.2) is 23.7 Å². The van der Waals surface area contributed by atoms with Crippen molar-refractivity contribution >= 4 is 11.6 Å². The average Bonchev–Trinajstić information content (AvgIpc) is 2.57. The molecule has 0 fully saturated rings. The van der Waals surface area contributed by atoms with Crippen LogP contribution in [0, 0.1) is 0 Å². The fraction of sp³-hybridized carbons (Fsp3) is 0.533. The van der Waals surface area contributed by atoms with Gasteiger partial charge in [-0.2, -0.15) is 0 Å². The number of carbonyl (C=O) groups excluding carboxylic acids is 1. The molecule has 104 valence electrons. The third kappa shape index (κ3) is 2.65. The van der Waals surface area contributed by atoms with Crippen molar-refractivity contribution in [1.82, 2.24) is 5.32 Å². The first-order chi connectivity index (χ1) is 8.82. The Balaban J connectivity index is 2.23. The van der Waals surface area contributed by atoms with Crippen molar-refractivity contribution in [3.8, 4) is 0 Å². The number of rotatable bonds is 4. The summed E-state index contributed by atoms with van der Waals surface area (Å²) in [4.78, 5) is 11.9. The molecule has 1 aliphatic heterocycles. The van der Waals surface area contributed by atoms with Crippen LogP contribution in [-0.2, 0) is 10.2 Å². The Kier molecular flexibility index (Phi) is 3.65.